The predicted octanol–water partition coefficient (Wildman–Crippen LogP) is 3.22. The van der Waals surface area contributed by atoms with Crippen LogP contribution in [0.2, 0.25) is 5.02 Å². The summed E-state index contributed by atoms with van der Waals surface area (Å²) in [4.78, 5) is 39.2. The number of ether oxygens (including phenoxy) is 1. The Hall–Kier alpha value is -2.16. The first-order chi connectivity index (χ1) is 14.3. The first-order valence-electron chi connectivity index (χ1n) is 10.1. The maximum Gasteiger partial charge on any atom is 0.313 e. The van der Waals surface area contributed by atoms with Gasteiger partial charge < -0.3 is 19.9 Å². The molecule has 2 heterocycles. The van der Waals surface area contributed by atoms with Crippen LogP contribution in [0.3, 0.4) is 0 Å². The minimum atomic E-state index is -0.704. The molecule has 2 N–H and O–H groups in total. The Morgan fingerprint density at radius 2 is 2.03 bits per heavy atom. The van der Waals surface area contributed by atoms with E-state index in [1.54, 1.807) is 16.4 Å². The fraction of sp³-hybridized carbons (Fsp3) is 0.476. The van der Waals surface area contributed by atoms with E-state index in [2.05, 4.69) is 0 Å². The van der Waals surface area contributed by atoms with Crippen molar-refractivity contribution in [3.63, 3.8) is 0 Å². The molecular formula is C21H24Cl2FN3O4. The van der Waals surface area contributed by atoms with Crippen LogP contribution in [0.25, 0.3) is 10.9 Å². The number of halogens is 3. The highest BCUT2D eigenvalue weighted by Gasteiger charge is 2.32. The van der Waals surface area contributed by atoms with Crippen LogP contribution in [-0.4, -0.2) is 42.1 Å². The lowest BCUT2D eigenvalue weighted by atomic mass is 10.0. The summed E-state index contributed by atoms with van der Waals surface area (Å²) in [6.07, 6.45) is 3.36. The number of benzene rings is 1. The van der Waals surface area contributed by atoms with Gasteiger partial charge >= 0.3 is 5.97 Å². The van der Waals surface area contributed by atoms with Crippen molar-refractivity contribution < 1.29 is 18.7 Å². The van der Waals surface area contributed by atoms with Crippen LogP contribution in [0, 0.1) is 5.82 Å². The standard InChI is InChI=1S/C21H23ClFN3O4.ClH/c1-2-30-17(28)8-16(27)14-10-26(12-3-4-12)19-13(21(14)29)7-15(23)20(18(19)22)25-6-5-11(24)9-25;/h7,10-12H,2-6,8-9,24H2,1H3;1H/t11-;/m1./s1. The van der Waals surface area contributed by atoms with E-state index in [0.717, 1.165) is 25.3 Å². The molecule has 31 heavy (non-hydrogen) atoms. The van der Waals surface area contributed by atoms with Gasteiger partial charge in [0, 0.05) is 31.4 Å². The molecule has 2 aromatic rings. The zero-order chi connectivity index (χ0) is 21.6. The molecule has 1 atom stereocenters. The molecule has 0 bridgehead atoms. The number of anilines is 1. The number of pyridine rings is 1. The van der Waals surface area contributed by atoms with Gasteiger partial charge in [0.2, 0.25) is 0 Å². The number of ketones is 1. The number of hydrogen-bond acceptors (Lipinski definition) is 6. The lowest BCUT2D eigenvalue weighted by Gasteiger charge is -2.23. The average molecular weight is 472 g/mol. The maximum absolute atomic E-state index is 15.1. The topological polar surface area (TPSA) is 94.6 Å². The first-order valence-corrected chi connectivity index (χ1v) is 10.5. The number of esters is 1. The number of carbonyl (C=O) groups excluding carboxylic acids is 2. The number of fused-ring (bicyclic) bond motifs is 1. The Bertz CT molecular complexity index is 1100. The van der Waals surface area contributed by atoms with Crippen LogP contribution in [0.15, 0.2) is 17.1 Å². The van der Waals surface area contributed by atoms with E-state index in [1.807, 2.05) is 0 Å². The lowest BCUT2D eigenvalue weighted by Crippen LogP contribution is -2.28. The van der Waals surface area contributed by atoms with Crippen molar-refractivity contribution in [1.82, 2.24) is 4.57 Å². The third-order valence-corrected chi connectivity index (χ3v) is 5.93. The molecule has 0 radical (unpaired) electrons. The number of nitrogens with zero attached hydrogens (tertiary/aromatic N) is 2. The zero-order valence-corrected chi connectivity index (χ0v) is 18.6. The van der Waals surface area contributed by atoms with Gasteiger partial charge in [0.05, 0.1) is 33.8 Å². The highest BCUT2D eigenvalue weighted by atomic mass is 35.5. The molecule has 2 aliphatic rings. The minimum Gasteiger partial charge on any atom is -0.466 e. The molecular weight excluding hydrogens is 448 g/mol. The van der Waals surface area contributed by atoms with Crippen LogP contribution in [0.5, 0.6) is 0 Å². The number of rotatable bonds is 6. The molecule has 7 nitrogen and oxygen atoms in total. The van der Waals surface area contributed by atoms with Crippen molar-refractivity contribution in [3.05, 3.63) is 38.9 Å². The zero-order valence-electron chi connectivity index (χ0n) is 17.0. The molecule has 168 valence electrons. The van der Waals surface area contributed by atoms with Gasteiger partial charge in [0.15, 0.2) is 11.2 Å². The summed E-state index contributed by atoms with van der Waals surface area (Å²) in [5, 5.41) is 0.179. The van der Waals surface area contributed by atoms with E-state index in [0.29, 0.717) is 18.6 Å². The second kappa shape index (κ2) is 9.14. The van der Waals surface area contributed by atoms with Gasteiger partial charge in [-0.1, -0.05) is 11.6 Å². The number of aromatic nitrogens is 1. The van der Waals surface area contributed by atoms with E-state index in [1.165, 1.54) is 6.20 Å². The first kappa shape index (κ1) is 23.5. The lowest BCUT2D eigenvalue weighted by molar-refractivity contribution is -0.141. The van der Waals surface area contributed by atoms with Gasteiger partial charge in [0.1, 0.15) is 12.2 Å². The minimum absolute atomic E-state index is 0. The third kappa shape index (κ3) is 4.42. The molecule has 0 spiro atoms. The van der Waals surface area contributed by atoms with E-state index in [9.17, 15) is 14.4 Å². The van der Waals surface area contributed by atoms with E-state index < -0.39 is 29.4 Å². The molecule has 1 saturated heterocycles. The Morgan fingerprint density at radius 3 is 2.61 bits per heavy atom. The van der Waals surface area contributed by atoms with Crippen LogP contribution >= 0.6 is 24.0 Å². The fourth-order valence-corrected chi connectivity index (χ4v) is 4.40. The Labute approximate surface area is 189 Å². The molecule has 2 fully saturated rings. The number of Topliss-reactive ketones (excluding diaryl/α,β-unsaturated/α-hetero) is 1. The Kier molecular flexibility index (Phi) is 6.93. The largest absolute Gasteiger partial charge is 0.466 e. The molecule has 1 aromatic heterocycles. The number of hydrogen-bond donors (Lipinski definition) is 1. The quantitative estimate of drug-likeness (QED) is 0.394. The summed E-state index contributed by atoms with van der Waals surface area (Å²) in [6, 6.07) is 1.14. The molecule has 0 amide bonds. The molecule has 1 aromatic carbocycles. The van der Waals surface area contributed by atoms with Crippen LogP contribution in [-0.2, 0) is 9.53 Å². The van der Waals surface area contributed by atoms with Crippen LogP contribution in [0.4, 0.5) is 10.1 Å². The van der Waals surface area contributed by atoms with Gasteiger partial charge in [0.25, 0.3) is 0 Å². The smallest absolute Gasteiger partial charge is 0.313 e. The van der Waals surface area contributed by atoms with E-state index in [-0.39, 0.29) is 52.8 Å². The summed E-state index contributed by atoms with van der Waals surface area (Å²) >= 11 is 6.64. The Morgan fingerprint density at radius 1 is 1.32 bits per heavy atom. The van der Waals surface area contributed by atoms with Crippen molar-refractivity contribution >= 4 is 52.4 Å². The van der Waals surface area contributed by atoms with Gasteiger partial charge in [-0.3, -0.25) is 14.4 Å². The number of nitrogens with two attached hydrogens (primary N) is 1. The molecule has 1 saturated carbocycles. The van der Waals surface area contributed by atoms with Crippen LogP contribution in [0.1, 0.15) is 49.0 Å². The van der Waals surface area contributed by atoms with Gasteiger partial charge in [-0.15, -0.1) is 12.4 Å². The third-order valence-electron chi connectivity index (χ3n) is 5.58. The maximum atomic E-state index is 15.1. The van der Waals surface area contributed by atoms with Crippen molar-refractivity contribution in [2.75, 3.05) is 24.6 Å². The SMILES string of the molecule is CCOC(=O)CC(=O)c1cn(C2CC2)c2c(Cl)c(N3CC[C@@H](N)C3)c(F)cc2c1=O.Cl. The Balaban J connectivity index is 0.00000272. The van der Waals surface area contributed by atoms with Crippen molar-refractivity contribution in [2.45, 2.75) is 44.7 Å². The summed E-state index contributed by atoms with van der Waals surface area (Å²) in [7, 11) is 0. The molecule has 1 aliphatic carbocycles. The second-order valence-electron chi connectivity index (χ2n) is 7.83. The monoisotopic (exact) mass is 471 g/mol. The summed E-state index contributed by atoms with van der Waals surface area (Å²) in [5.74, 6) is -1.98. The van der Waals surface area contributed by atoms with Crippen LogP contribution < -0.4 is 16.1 Å². The molecule has 1 aliphatic heterocycles. The van der Waals surface area contributed by atoms with E-state index in [4.69, 9.17) is 22.1 Å². The van der Waals surface area contributed by atoms with Gasteiger partial charge in [-0.2, -0.15) is 0 Å². The molecule has 10 heteroatoms. The summed E-state index contributed by atoms with van der Waals surface area (Å²) < 4.78 is 21.6. The fourth-order valence-electron chi connectivity index (χ4n) is 3.99. The number of carbonyl (C=O) groups is 2. The van der Waals surface area contributed by atoms with E-state index >= 15 is 4.39 Å². The predicted molar refractivity (Wildman–Crippen MR) is 119 cm³/mol. The van der Waals surface area contributed by atoms with Crippen molar-refractivity contribution in [2.24, 2.45) is 5.73 Å². The van der Waals surface area contributed by atoms with Crippen molar-refractivity contribution in [1.29, 1.82) is 0 Å². The highest BCUT2D eigenvalue weighted by Crippen LogP contribution is 2.42. The normalized spacial score (nSPS) is 18.2. The summed E-state index contributed by atoms with van der Waals surface area (Å²) in [6.45, 7) is 2.83. The molecule has 4 rings (SSSR count). The van der Waals surface area contributed by atoms with Gasteiger partial charge in [-0.05, 0) is 32.3 Å². The highest BCUT2D eigenvalue weighted by molar-refractivity contribution is 6.38. The van der Waals surface area contributed by atoms with Gasteiger partial charge in [-0.25, -0.2) is 4.39 Å². The summed E-state index contributed by atoms with van der Waals surface area (Å²) in [5.41, 5.74) is 5.81. The average Bonchev–Trinajstić information content (AvgIpc) is 3.44. The molecule has 0 unspecified atom stereocenters. The van der Waals surface area contributed by atoms with Crippen molar-refractivity contribution in [3.8, 4) is 0 Å². The second-order valence-corrected chi connectivity index (χ2v) is 8.21.